The minimum absolute atomic E-state index is 0.0543. The van der Waals surface area contributed by atoms with Gasteiger partial charge in [0.2, 0.25) is 11.1 Å². The Kier molecular flexibility index (Phi) is 6.66. The van der Waals surface area contributed by atoms with Crippen LogP contribution in [0.4, 0.5) is 0 Å². The van der Waals surface area contributed by atoms with Gasteiger partial charge in [-0.05, 0) is 23.4 Å². The predicted molar refractivity (Wildman–Crippen MR) is 70.4 cm³/mol. The molecule has 0 spiro atoms. The summed E-state index contributed by atoms with van der Waals surface area (Å²) in [5, 5.41) is 15.4. The zero-order valence-electron chi connectivity index (χ0n) is 11.1. The first kappa shape index (κ1) is 14.9. The molecule has 0 atom stereocenters. The van der Waals surface area contributed by atoms with Gasteiger partial charge in [-0.3, -0.25) is 4.79 Å². The quantitative estimate of drug-likeness (QED) is 0.524. The zero-order valence-corrected chi connectivity index (χ0v) is 11.9. The Bertz CT molecular complexity index is 367. The van der Waals surface area contributed by atoms with Gasteiger partial charge in [0.15, 0.2) is 0 Å². The highest BCUT2D eigenvalue weighted by Gasteiger charge is 2.10. The molecule has 0 unspecified atom stereocenters. The molecule has 8 heteroatoms. The maximum absolute atomic E-state index is 11.5. The number of carbonyl (C=O) groups excluding carboxylic acids is 1. The van der Waals surface area contributed by atoms with Gasteiger partial charge < -0.3 is 10.2 Å². The van der Waals surface area contributed by atoms with E-state index in [1.807, 2.05) is 0 Å². The van der Waals surface area contributed by atoms with Crippen molar-refractivity contribution in [3.63, 3.8) is 0 Å². The maximum Gasteiger partial charge on any atom is 0.232 e. The Morgan fingerprint density at radius 3 is 2.89 bits per heavy atom. The van der Waals surface area contributed by atoms with Crippen molar-refractivity contribution in [2.45, 2.75) is 25.0 Å². The lowest BCUT2D eigenvalue weighted by Gasteiger charge is -2.09. The molecule has 0 aliphatic carbocycles. The average molecular weight is 272 g/mol. The van der Waals surface area contributed by atoms with Crippen molar-refractivity contribution in [1.82, 2.24) is 30.4 Å². The van der Waals surface area contributed by atoms with E-state index in [1.54, 1.807) is 23.7 Å². The van der Waals surface area contributed by atoms with E-state index in [9.17, 15) is 4.79 Å². The lowest BCUT2D eigenvalue weighted by Crippen LogP contribution is -2.24. The summed E-state index contributed by atoms with van der Waals surface area (Å²) in [6.45, 7) is 4.65. The van der Waals surface area contributed by atoms with Gasteiger partial charge in [0.05, 0.1) is 12.3 Å². The van der Waals surface area contributed by atoms with E-state index in [2.05, 4.69) is 27.8 Å². The number of tetrazole rings is 1. The van der Waals surface area contributed by atoms with E-state index in [1.165, 1.54) is 11.8 Å². The number of hydrogen-bond acceptors (Lipinski definition) is 6. The molecule has 1 N–H and O–H groups in total. The van der Waals surface area contributed by atoms with Crippen LogP contribution in [0.5, 0.6) is 0 Å². The molecule has 1 amide bonds. The third-order valence-electron chi connectivity index (χ3n) is 2.25. The van der Waals surface area contributed by atoms with Crippen molar-refractivity contribution in [2.75, 3.05) is 32.9 Å². The molecule has 102 valence electrons. The third-order valence-corrected chi connectivity index (χ3v) is 3.19. The van der Waals surface area contributed by atoms with Gasteiger partial charge in [-0.15, -0.1) is 5.10 Å². The van der Waals surface area contributed by atoms with E-state index in [0.29, 0.717) is 17.5 Å². The summed E-state index contributed by atoms with van der Waals surface area (Å²) in [7, 11) is 3.47. The summed E-state index contributed by atoms with van der Waals surface area (Å²) < 4.78 is 1.72. The second-order valence-electron chi connectivity index (χ2n) is 4.01. The van der Waals surface area contributed by atoms with Crippen LogP contribution in [0.25, 0.3) is 0 Å². The van der Waals surface area contributed by atoms with Crippen LogP contribution < -0.4 is 5.32 Å². The van der Waals surface area contributed by atoms with Gasteiger partial charge in [0.25, 0.3) is 0 Å². The first-order valence-electron chi connectivity index (χ1n) is 5.95. The van der Waals surface area contributed by atoms with Crippen molar-refractivity contribution < 1.29 is 4.79 Å². The molecule has 0 radical (unpaired) electrons. The molecule has 0 bridgehead atoms. The number of aromatic nitrogens is 4. The van der Waals surface area contributed by atoms with Crippen LogP contribution in [-0.4, -0.2) is 64.0 Å². The molecule has 0 aliphatic rings. The number of nitrogens with one attached hydrogen (secondary N) is 1. The number of carbonyl (C=O) groups is 1. The van der Waals surface area contributed by atoms with Gasteiger partial charge >= 0.3 is 0 Å². The minimum Gasteiger partial charge on any atom is -0.348 e. The summed E-state index contributed by atoms with van der Waals surface area (Å²) in [5.41, 5.74) is 0. The van der Waals surface area contributed by atoms with E-state index in [-0.39, 0.29) is 5.91 Å². The van der Waals surface area contributed by atoms with E-state index < -0.39 is 0 Å². The van der Waals surface area contributed by atoms with Crippen LogP contribution in [0.1, 0.15) is 13.3 Å². The van der Waals surface area contributed by atoms with Gasteiger partial charge in [-0.25, -0.2) is 4.68 Å². The zero-order chi connectivity index (χ0) is 13.4. The Hall–Kier alpha value is -1.15. The molecule has 0 saturated carbocycles. The summed E-state index contributed by atoms with van der Waals surface area (Å²) in [6, 6.07) is 0. The van der Waals surface area contributed by atoms with Crippen LogP contribution in [0.3, 0.4) is 0 Å². The van der Waals surface area contributed by atoms with Crippen LogP contribution in [0.15, 0.2) is 5.16 Å². The van der Waals surface area contributed by atoms with Crippen LogP contribution >= 0.6 is 11.8 Å². The van der Waals surface area contributed by atoms with Crippen LogP contribution in [0.2, 0.25) is 0 Å². The Labute approximate surface area is 111 Å². The van der Waals surface area contributed by atoms with E-state index in [4.69, 9.17) is 0 Å². The molecule has 1 aromatic heterocycles. The molecular formula is C10H20N6OS. The number of amides is 1. The SMILES string of the molecule is CCCNCCn1nnnc1SCC(=O)N(C)C. The fourth-order valence-electron chi connectivity index (χ4n) is 1.18. The molecule has 18 heavy (non-hydrogen) atoms. The molecule has 0 fully saturated rings. The topological polar surface area (TPSA) is 75.9 Å². The number of thioether (sulfide) groups is 1. The standard InChI is InChI=1S/C10H20N6OS/c1-4-5-11-6-7-16-10(12-13-14-16)18-8-9(17)15(2)3/h11H,4-8H2,1-3H3. The van der Waals surface area contributed by atoms with Crippen molar-refractivity contribution >= 4 is 17.7 Å². The first-order valence-corrected chi connectivity index (χ1v) is 6.93. The highest BCUT2D eigenvalue weighted by atomic mass is 32.2. The van der Waals surface area contributed by atoms with E-state index >= 15 is 0 Å². The number of hydrogen-bond donors (Lipinski definition) is 1. The number of rotatable bonds is 8. The number of nitrogens with zero attached hydrogens (tertiary/aromatic N) is 5. The molecule has 1 rings (SSSR count). The molecule has 0 saturated heterocycles. The van der Waals surface area contributed by atoms with Crippen molar-refractivity contribution in [1.29, 1.82) is 0 Å². The summed E-state index contributed by atoms with van der Waals surface area (Å²) in [4.78, 5) is 13.0. The Morgan fingerprint density at radius 2 is 2.22 bits per heavy atom. The van der Waals surface area contributed by atoms with Crippen molar-refractivity contribution in [3.8, 4) is 0 Å². The normalized spacial score (nSPS) is 10.6. The second-order valence-corrected chi connectivity index (χ2v) is 4.95. The van der Waals surface area contributed by atoms with Gasteiger partial charge in [0.1, 0.15) is 0 Å². The minimum atomic E-state index is 0.0543. The first-order chi connectivity index (χ1) is 8.65. The monoisotopic (exact) mass is 272 g/mol. The van der Waals surface area contributed by atoms with Crippen LogP contribution in [0, 0.1) is 0 Å². The molecule has 1 heterocycles. The maximum atomic E-state index is 11.5. The average Bonchev–Trinajstić information content (AvgIpc) is 2.79. The third kappa shape index (κ3) is 5.01. The van der Waals surface area contributed by atoms with Gasteiger partial charge in [-0.2, -0.15) is 0 Å². The molecule has 0 aliphatic heterocycles. The smallest absolute Gasteiger partial charge is 0.232 e. The fraction of sp³-hybridized carbons (Fsp3) is 0.800. The van der Waals surface area contributed by atoms with Crippen molar-refractivity contribution in [2.24, 2.45) is 0 Å². The summed E-state index contributed by atoms with van der Waals surface area (Å²) >= 11 is 1.36. The Balaban J connectivity index is 2.37. The summed E-state index contributed by atoms with van der Waals surface area (Å²) in [5.74, 6) is 0.411. The highest BCUT2D eigenvalue weighted by molar-refractivity contribution is 7.99. The molecule has 1 aromatic rings. The molecule has 0 aromatic carbocycles. The van der Waals surface area contributed by atoms with Gasteiger partial charge in [0, 0.05) is 20.6 Å². The molecular weight excluding hydrogens is 252 g/mol. The largest absolute Gasteiger partial charge is 0.348 e. The van der Waals surface area contributed by atoms with Crippen molar-refractivity contribution in [3.05, 3.63) is 0 Å². The van der Waals surface area contributed by atoms with E-state index in [0.717, 1.165) is 19.5 Å². The lowest BCUT2D eigenvalue weighted by molar-refractivity contribution is -0.125. The summed E-state index contributed by atoms with van der Waals surface area (Å²) in [6.07, 6.45) is 1.11. The second kappa shape index (κ2) is 8.04. The highest BCUT2D eigenvalue weighted by Crippen LogP contribution is 2.13. The molecule has 7 nitrogen and oxygen atoms in total. The van der Waals surface area contributed by atoms with Gasteiger partial charge in [-0.1, -0.05) is 18.7 Å². The predicted octanol–water partition coefficient (Wildman–Crippen LogP) is -0.147. The fourth-order valence-corrected chi connectivity index (χ4v) is 2.06. The lowest BCUT2D eigenvalue weighted by atomic mass is 10.5. The Morgan fingerprint density at radius 1 is 1.44 bits per heavy atom. The van der Waals surface area contributed by atoms with Crippen LogP contribution in [-0.2, 0) is 11.3 Å².